The average Bonchev–Trinajstić information content (AvgIpc) is 2.78. The second-order valence-electron chi connectivity index (χ2n) is 8.71. The van der Waals surface area contributed by atoms with Crippen LogP contribution in [0.1, 0.15) is 50.7 Å². The van der Waals surface area contributed by atoms with E-state index < -0.39 is 5.60 Å². The van der Waals surface area contributed by atoms with Crippen LogP contribution in [0.3, 0.4) is 0 Å². The summed E-state index contributed by atoms with van der Waals surface area (Å²) in [6.45, 7) is 11.3. The summed E-state index contributed by atoms with van der Waals surface area (Å²) in [4.78, 5) is 2.41. The Balaban J connectivity index is 1.83. The smallest absolute Gasteiger partial charge is 0.119 e. The van der Waals surface area contributed by atoms with E-state index in [1.807, 2.05) is 30.3 Å². The third kappa shape index (κ3) is 5.84. The van der Waals surface area contributed by atoms with Crippen LogP contribution < -0.4 is 4.74 Å². The van der Waals surface area contributed by atoms with Crippen LogP contribution in [0.2, 0.25) is 0 Å². The van der Waals surface area contributed by atoms with Crippen molar-refractivity contribution in [3.8, 4) is 5.75 Å². The van der Waals surface area contributed by atoms with E-state index in [1.54, 1.807) is 0 Å². The van der Waals surface area contributed by atoms with Crippen molar-refractivity contribution in [1.82, 2.24) is 4.90 Å². The Labute approximate surface area is 181 Å². The summed E-state index contributed by atoms with van der Waals surface area (Å²) in [6.07, 6.45) is 1.68. The Morgan fingerprint density at radius 3 is 2.30 bits per heavy atom. The fourth-order valence-electron chi connectivity index (χ4n) is 4.16. The number of hydrogen-bond acceptors (Lipinski definition) is 4. The van der Waals surface area contributed by atoms with E-state index in [0.717, 1.165) is 57.2 Å². The zero-order valence-electron chi connectivity index (χ0n) is 18.7. The molecule has 0 unspecified atom stereocenters. The number of ether oxygens (including phenoxy) is 2. The number of nitrogens with zero attached hydrogens (tertiary/aromatic N) is 1. The van der Waals surface area contributed by atoms with Gasteiger partial charge in [-0.2, -0.15) is 0 Å². The monoisotopic (exact) mass is 411 g/mol. The van der Waals surface area contributed by atoms with E-state index in [1.165, 1.54) is 5.56 Å². The molecule has 164 valence electrons. The molecule has 1 aliphatic heterocycles. The molecule has 0 spiro atoms. The van der Waals surface area contributed by atoms with Crippen LogP contribution in [0.15, 0.2) is 54.6 Å². The van der Waals surface area contributed by atoms with Crippen LogP contribution in [-0.4, -0.2) is 49.5 Å². The molecule has 0 saturated carbocycles. The van der Waals surface area contributed by atoms with Crippen LogP contribution in [0.25, 0.3) is 0 Å². The summed E-state index contributed by atoms with van der Waals surface area (Å²) in [5, 5.41) is 12.0. The van der Waals surface area contributed by atoms with Crippen molar-refractivity contribution in [1.29, 1.82) is 0 Å². The first kappa shape index (κ1) is 22.8. The first-order chi connectivity index (χ1) is 14.5. The van der Waals surface area contributed by atoms with Gasteiger partial charge in [-0.1, -0.05) is 63.2 Å². The summed E-state index contributed by atoms with van der Waals surface area (Å²) < 4.78 is 11.4. The van der Waals surface area contributed by atoms with E-state index in [0.29, 0.717) is 12.3 Å². The first-order valence-electron chi connectivity index (χ1n) is 11.3. The summed E-state index contributed by atoms with van der Waals surface area (Å²) in [5.74, 6) is 1.47. The molecular formula is C26H37NO3. The van der Waals surface area contributed by atoms with Gasteiger partial charge in [-0.25, -0.2) is 0 Å². The highest BCUT2D eigenvalue weighted by Gasteiger charge is 2.39. The van der Waals surface area contributed by atoms with Gasteiger partial charge in [0.15, 0.2) is 0 Å². The molecule has 1 N–H and O–H groups in total. The van der Waals surface area contributed by atoms with Crippen LogP contribution >= 0.6 is 0 Å². The van der Waals surface area contributed by atoms with E-state index in [-0.39, 0.29) is 5.92 Å². The molecule has 0 radical (unpaired) electrons. The molecule has 0 aromatic heterocycles. The third-order valence-electron chi connectivity index (χ3n) is 6.18. The van der Waals surface area contributed by atoms with Crippen molar-refractivity contribution in [3.05, 3.63) is 65.7 Å². The fourth-order valence-corrected chi connectivity index (χ4v) is 4.16. The largest absolute Gasteiger partial charge is 0.494 e. The molecule has 0 amide bonds. The molecule has 3 rings (SSSR count). The standard InChI is InChI=1S/C26H37NO3/c1-4-26(28,23-10-12-24(13-11-23)30-17-14-21(2)3)25(22-8-6-5-7-9-22)20-27-15-18-29-19-16-27/h5-13,21,25,28H,4,14-20H2,1-3H3/t25-,26-/m0/s1. The number of aliphatic hydroxyl groups is 1. The lowest BCUT2D eigenvalue weighted by Crippen LogP contribution is -2.44. The molecule has 0 bridgehead atoms. The maximum absolute atomic E-state index is 12.0. The van der Waals surface area contributed by atoms with Crippen molar-refractivity contribution in [2.45, 2.75) is 45.1 Å². The second-order valence-corrected chi connectivity index (χ2v) is 8.71. The van der Waals surface area contributed by atoms with E-state index in [2.05, 4.69) is 49.9 Å². The lowest BCUT2D eigenvalue weighted by Gasteiger charge is -2.40. The van der Waals surface area contributed by atoms with E-state index >= 15 is 0 Å². The van der Waals surface area contributed by atoms with Gasteiger partial charge in [0.25, 0.3) is 0 Å². The Morgan fingerprint density at radius 1 is 1.03 bits per heavy atom. The minimum atomic E-state index is -0.948. The Bertz CT molecular complexity index is 741. The van der Waals surface area contributed by atoms with Gasteiger partial charge in [0.1, 0.15) is 5.75 Å². The van der Waals surface area contributed by atoms with Gasteiger partial charge in [-0.15, -0.1) is 0 Å². The normalized spacial score (nSPS) is 18.2. The van der Waals surface area contributed by atoms with Gasteiger partial charge >= 0.3 is 0 Å². The zero-order chi connectivity index (χ0) is 21.4. The van der Waals surface area contributed by atoms with Gasteiger partial charge in [0, 0.05) is 25.6 Å². The van der Waals surface area contributed by atoms with Crippen LogP contribution in [-0.2, 0) is 10.3 Å². The van der Waals surface area contributed by atoms with Crippen LogP contribution in [0, 0.1) is 5.92 Å². The number of morpholine rings is 1. The number of benzene rings is 2. The highest BCUT2D eigenvalue weighted by atomic mass is 16.5. The molecule has 2 aromatic rings. The lowest BCUT2D eigenvalue weighted by molar-refractivity contribution is -0.0250. The molecule has 2 aromatic carbocycles. The summed E-state index contributed by atoms with van der Waals surface area (Å²) >= 11 is 0. The quantitative estimate of drug-likeness (QED) is 0.608. The van der Waals surface area contributed by atoms with Gasteiger partial charge in [-0.05, 0) is 42.0 Å². The lowest BCUT2D eigenvalue weighted by atomic mass is 9.75. The van der Waals surface area contributed by atoms with Crippen molar-refractivity contribution >= 4 is 0 Å². The number of hydrogen-bond donors (Lipinski definition) is 1. The molecule has 2 atom stereocenters. The minimum Gasteiger partial charge on any atom is -0.494 e. The topological polar surface area (TPSA) is 41.9 Å². The SMILES string of the molecule is CC[C@](O)(c1ccc(OCCC(C)C)cc1)[C@@H](CN1CCOCC1)c1ccccc1. The summed E-state index contributed by atoms with van der Waals surface area (Å²) in [5.41, 5.74) is 1.17. The van der Waals surface area contributed by atoms with Crippen molar-refractivity contribution in [3.63, 3.8) is 0 Å². The van der Waals surface area contributed by atoms with Gasteiger partial charge in [0.05, 0.1) is 25.4 Å². The molecule has 4 nitrogen and oxygen atoms in total. The molecule has 1 fully saturated rings. The van der Waals surface area contributed by atoms with Crippen molar-refractivity contribution < 1.29 is 14.6 Å². The molecule has 1 aliphatic rings. The molecular weight excluding hydrogens is 374 g/mol. The zero-order valence-corrected chi connectivity index (χ0v) is 18.7. The Hall–Kier alpha value is -1.88. The van der Waals surface area contributed by atoms with Crippen molar-refractivity contribution in [2.75, 3.05) is 39.5 Å². The third-order valence-corrected chi connectivity index (χ3v) is 6.18. The molecule has 30 heavy (non-hydrogen) atoms. The highest BCUT2D eigenvalue weighted by molar-refractivity contribution is 5.35. The number of rotatable bonds is 10. The van der Waals surface area contributed by atoms with Gasteiger partial charge < -0.3 is 14.6 Å². The predicted molar refractivity (Wildman–Crippen MR) is 122 cm³/mol. The Kier molecular flexibility index (Phi) is 8.32. The summed E-state index contributed by atoms with van der Waals surface area (Å²) in [6, 6.07) is 18.5. The maximum atomic E-state index is 12.0. The van der Waals surface area contributed by atoms with Gasteiger partial charge in [-0.3, -0.25) is 4.90 Å². The molecule has 1 heterocycles. The molecule has 0 aliphatic carbocycles. The molecule has 4 heteroatoms. The summed E-state index contributed by atoms with van der Waals surface area (Å²) in [7, 11) is 0. The minimum absolute atomic E-state index is 0.0190. The van der Waals surface area contributed by atoms with Crippen LogP contribution in [0.5, 0.6) is 5.75 Å². The Morgan fingerprint density at radius 2 is 1.70 bits per heavy atom. The van der Waals surface area contributed by atoms with Crippen molar-refractivity contribution in [2.24, 2.45) is 5.92 Å². The second kappa shape index (κ2) is 10.9. The molecule has 1 saturated heterocycles. The van der Waals surface area contributed by atoms with Crippen LogP contribution in [0.4, 0.5) is 0 Å². The maximum Gasteiger partial charge on any atom is 0.119 e. The first-order valence-corrected chi connectivity index (χ1v) is 11.3. The highest BCUT2D eigenvalue weighted by Crippen LogP contribution is 2.41. The predicted octanol–water partition coefficient (Wildman–Crippen LogP) is 4.83. The fraction of sp³-hybridized carbons (Fsp3) is 0.538. The van der Waals surface area contributed by atoms with E-state index in [4.69, 9.17) is 9.47 Å². The average molecular weight is 412 g/mol. The van der Waals surface area contributed by atoms with E-state index in [9.17, 15) is 5.11 Å². The van der Waals surface area contributed by atoms with Gasteiger partial charge in [0.2, 0.25) is 0 Å².